The zero-order valence-electron chi connectivity index (χ0n) is 10.8. The lowest BCUT2D eigenvalue weighted by Gasteiger charge is -2.09. The fraction of sp³-hybridized carbons (Fsp3) is 0.200. The second kappa shape index (κ2) is 5.40. The van der Waals surface area contributed by atoms with Gasteiger partial charge in [-0.05, 0) is 36.2 Å². The van der Waals surface area contributed by atoms with Crippen LogP contribution < -0.4 is 4.74 Å². The molecule has 0 atom stereocenters. The molecular formula is C15H14N2O2. The number of benzene rings is 1. The fourth-order valence-electron chi connectivity index (χ4n) is 1.91. The third-order valence-corrected chi connectivity index (χ3v) is 2.96. The standard InChI is InChI=1S/C15H14N2O2/c1-3-10-6-11(4-5-15(10)19-2)13-7-12(8-16)14(18)9-17-13/h4-7,9,18H,3H2,1-2H3. The zero-order chi connectivity index (χ0) is 13.8. The summed E-state index contributed by atoms with van der Waals surface area (Å²) in [6.07, 6.45) is 2.14. The van der Waals surface area contributed by atoms with E-state index in [0.29, 0.717) is 5.69 Å². The Bertz CT molecular complexity index is 645. The quantitative estimate of drug-likeness (QED) is 0.914. The zero-order valence-corrected chi connectivity index (χ0v) is 10.8. The summed E-state index contributed by atoms with van der Waals surface area (Å²) in [6.45, 7) is 2.05. The van der Waals surface area contributed by atoms with Crippen LogP contribution in [0.4, 0.5) is 0 Å². The fourth-order valence-corrected chi connectivity index (χ4v) is 1.91. The smallest absolute Gasteiger partial charge is 0.151 e. The number of nitriles is 1. The van der Waals surface area contributed by atoms with Crippen molar-refractivity contribution in [2.45, 2.75) is 13.3 Å². The second-order valence-electron chi connectivity index (χ2n) is 4.08. The number of pyridine rings is 1. The average molecular weight is 254 g/mol. The van der Waals surface area contributed by atoms with E-state index in [1.54, 1.807) is 13.2 Å². The Labute approximate surface area is 111 Å². The molecule has 0 aliphatic carbocycles. The first-order valence-corrected chi connectivity index (χ1v) is 5.96. The number of aromatic nitrogens is 1. The summed E-state index contributed by atoms with van der Waals surface area (Å²) in [4.78, 5) is 4.15. The average Bonchev–Trinajstić information content (AvgIpc) is 2.47. The highest BCUT2D eigenvalue weighted by atomic mass is 16.5. The monoisotopic (exact) mass is 254 g/mol. The molecule has 4 heteroatoms. The van der Waals surface area contributed by atoms with Crippen molar-refractivity contribution in [3.8, 4) is 28.8 Å². The summed E-state index contributed by atoms with van der Waals surface area (Å²) in [6, 6.07) is 9.28. The molecule has 0 unspecified atom stereocenters. The van der Waals surface area contributed by atoms with E-state index in [4.69, 9.17) is 10.00 Å². The predicted octanol–water partition coefficient (Wildman–Crippen LogP) is 2.90. The van der Waals surface area contributed by atoms with Crippen LogP contribution in [-0.4, -0.2) is 17.2 Å². The van der Waals surface area contributed by atoms with Crippen LogP contribution in [0.25, 0.3) is 11.3 Å². The Balaban J connectivity index is 2.50. The molecule has 0 saturated heterocycles. The first-order chi connectivity index (χ1) is 9.19. The van der Waals surface area contributed by atoms with Gasteiger partial charge in [-0.15, -0.1) is 0 Å². The molecule has 0 aliphatic heterocycles. The molecule has 19 heavy (non-hydrogen) atoms. The van der Waals surface area contributed by atoms with Crippen molar-refractivity contribution in [1.29, 1.82) is 5.26 Å². The van der Waals surface area contributed by atoms with E-state index in [0.717, 1.165) is 23.3 Å². The van der Waals surface area contributed by atoms with Gasteiger partial charge in [-0.1, -0.05) is 6.92 Å². The van der Waals surface area contributed by atoms with Crippen LogP contribution in [0.1, 0.15) is 18.1 Å². The summed E-state index contributed by atoms with van der Waals surface area (Å²) in [5.74, 6) is 0.737. The summed E-state index contributed by atoms with van der Waals surface area (Å²) in [7, 11) is 1.64. The van der Waals surface area contributed by atoms with E-state index < -0.39 is 0 Å². The Morgan fingerprint density at radius 1 is 1.37 bits per heavy atom. The molecule has 1 N–H and O–H groups in total. The van der Waals surface area contributed by atoms with Crippen molar-refractivity contribution < 1.29 is 9.84 Å². The lowest BCUT2D eigenvalue weighted by molar-refractivity contribution is 0.410. The van der Waals surface area contributed by atoms with Gasteiger partial charge in [0.15, 0.2) is 5.75 Å². The van der Waals surface area contributed by atoms with Gasteiger partial charge in [0.1, 0.15) is 11.8 Å². The van der Waals surface area contributed by atoms with Crippen molar-refractivity contribution in [1.82, 2.24) is 4.98 Å². The lowest BCUT2D eigenvalue weighted by atomic mass is 10.0. The van der Waals surface area contributed by atoms with Crippen LogP contribution in [0.5, 0.6) is 11.5 Å². The largest absolute Gasteiger partial charge is 0.505 e. The van der Waals surface area contributed by atoms with Gasteiger partial charge in [-0.25, -0.2) is 0 Å². The molecule has 1 aromatic carbocycles. The highest BCUT2D eigenvalue weighted by Crippen LogP contribution is 2.28. The van der Waals surface area contributed by atoms with Crippen molar-refractivity contribution in [3.63, 3.8) is 0 Å². The lowest BCUT2D eigenvalue weighted by Crippen LogP contribution is -1.92. The van der Waals surface area contributed by atoms with E-state index in [-0.39, 0.29) is 11.3 Å². The normalized spacial score (nSPS) is 9.95. The maximum Gasteiger partial charge on any atom is 0.151 e. The minimum absolute atomic E-state index is 0.101. The maximum atomic E-state index is 9.46. The van der Waals surface area contributed by atoms with Crippen molar-refractivity contribution >= 4 is 0 Å². The number of rotatable bonds is 3. The molecule has 0 fully saturated rings. The van der Waals surface area contributed by atoms with E-state index >= 15 is 0 Å². The summed E-state index contributed by atoms with van der Waals surface area (Å²) in [5, 5.41) is 18.4. The number of nitrogens with zero attached hydrogens (tertiary/aromatic N) is 2. The van der Waals surface area contributed by atoms with Gasteiger partial charge in [-0.3, -0.25) is 4.98 Å². The molecule has 0 aliphatic rings. The highest BCUT2D eigenvalue weighted by Gasteiger charge is 2.08. The Morgan fingerprint density at radius 3 is 2.79 bits per heavy atom. The predicted molar refractivity (Wildman–Crippen MR) is 72.0 cm³/mol. The maximum absolute atomic E-state index is 9.46. The molecule has 2 rings (SSSR count). The summed E-state index contributed by atoms with van der Waals surface area (Å²) >= 11 is 0. The van der Waals surface area contributed by atoms with Gasteiger partial charge in [0, 0.05) is 5.56 Å². The third-order valence-electron chi connectivity index (χ3n) is 2.96. The Morgan fingerprint density at radius 2 is 2.16 bits per heavy atom. The minimum Gasteiger partial charge on any atom is -0.505 e. The van der Waals surface area contributed by atoms with Crippen LogP contribution in [0.2, 0.25) is 0 Å². The van der Waals surface area contributed by atoms with Gasteiger partial charge in [0.25, 0.3) is 0 Å². The number of hydrogen-bond acceptors (Lipinski definition) is 4. The van der Waals surface area contributed by atoms with Gasteiger partial charge >= 0.3 is 0 Å². The van der Waals surface area contributed by atoms with Crippen LogP contribution in [0, 0.1) is 11.3 Å². The number of aryl methyl sites for hydroxylation is 1. The number of ether oxygens (including phenoxy) is 1. The molecule has 2 aromatic rings. The second-order valence-corrected chi connectivity index (χ2v) is 4.08. The Hall–Kier alpha value is -2.54. The number of aromatic hydroxyl groups is 1. The topological polar surface area (TPSA) is 66.1 Å². The first-order valence-electron chi connectivity index (χ1n) is 5.96. The summed E-state index contributed by atoms with van der Waals surface area (Å²) in [5.41, 5.74) is 2.85. The molecule has 1 heterocycles. The molecule has 0 saturated carbocycles. The molecule has 0 radical (unpaired) electrons. The van der Waals surface area contributed by atoms with E-state index in [1.165, 1.54) is 6.20 Å². The molecule has 0 bridgehead atoms. The molecule has 0 spiro atoms. The molecule has 96 valence electrons. The molecule has 0 amide bonds. The van der Waals surface area contributed by atoms with Gasteiger partial charge < -0.3 is 9.84 Å². The van der Waals surface area contributed by atoms with Crippen LogP contribution in [0.15, 0.2) is 30.5 Å². The number of methoxy groups -OCH3 is 1. The SMILES string of the molecule is CCc1cc(-c2cc(C#N)c(O)cn2)ccc1OC. The molecule has 1 aromatic heterocycles. The van der Waals surface area contributed by atoms with E-state index in [2.05, 4.69) is 4.98 Å². The van der Waals surface area contributed by atoms with Gasteiger partial charge in [0.05, 0.1) is 24.6 Å². The minimum atomic E-state index is -0.101. The first kappa shape index (κ1) is 12.9. The third kappa shape index (κ3) is 2.50. The van der Waals surface area contributed by atoms with Crippen LogP contribution in [0.3, 0.4) is 0 Å². The van der Waals surface area contributed by atoms with Crippen molar-refractivity contribution in [2.24, 2.45) is 0 Å². The Kier molecular flexibility index (Phi) is 3.67. The van der Waals surface area contributed by atoms with Gasteiger partial charge in [0.2, 0.25) is 0 Å². The van der Waals surface area contributed by atoms with E-state index in [1.807, 2.05) is 31.2 Å². The highest BCUT2D eigenvalue weighted by molar-refractivity contribution is 5.64. The van der Waals surface area contributed by atoms with Gasteiger partial charge in [-0.2, -0.15) is 5.26 Å². The van der Waals surface area contributed by atoms with Crippen LogP contribution >= 0.6 is 0 Å². The van der Waals surface area contributed by atoms with E-state index in [9.17, 15) is 5.11 Å². The van der Waals surface area contributed by atoms with Crippen molar-refractivity contribution in [3.05, 3.63) is 41.6 Å². The molecular weight excluding hydrogens is 240 g/mol. The number of hydrogen-bond donors (Lipinski definition) is 1. The van der Waals surface area contributed by atoms with Crippen molar-refractivity contribution in [2.75, 3.05) is 7.11 Å². The summed E-state index contributed by atoms with van der Waals surface area (Å²) < 4.78 is 5.28. The molecule has 4 nitrogen and oxygen atoms in total. The van der Waals surface area contributed by atoms with Crippen LogP contribution in [-0.2, 0) is 6.42 Å².